The number of aliphatic hydroxyl groups excluding tert-OH is 1. The highest BCUT2D eigenvalue weighted by molar-refractivity contribution is 6.42. The number of hydrogen-bond donors (Lipinski definition) is 2. The Balaban J connectivity index is 1.93. The molecule has 6 nitrogen and oxygen atoms in total. The Hall–Kier alpha value is -1.34. The summed E-state index contributed by atoms with van der Waals surface area (Å²) in [4.78, 5) is 27.7. The first kappa shape index (κ1) is 17.0. The number of anilines is 1. The number of β-amino-alcohol motifs (C(OH)–C–C–N with tert-alkyl or cyclic N) is 1. The zero-order chi connectivity index (χ0) is 16.1. The molecular formula is C14H17Cl2N3O3. The van der Waals surface area contributed by atoms with Crippen LogP contribution in [0, 0.1) is 0 Å². The summed E-state index contributed by atoms with van der Waals surface area (Å²) in [5, 5.41) is 12.1. The number of halogens is 2. The average Bonchev–Trinajstić information content (AvgIpc) is 2.51. The van der Waals surface area contributed by atoms with Gasteiger partial charge in [-0.1, -0.05) is 23.2 Å². The zero-order valence-corrected chi connectivity index (χ0v) is 13.4. The number of amides is 2. The molecule has 0 aromatic heterocycles. The Morgan fingerprint density at radius 2 is 1.86 bits per heavy atom. The molecular weight excluding hydrogens is 329 g/mol. The minimum Gasteiger partial charge on any atom is -0.395 e. The molecule has 2 rings (SSSR count). The van der Waals surface area contributed by atoms with E-state index < -0.39 is 11.8 Å². The fourth-order valence-electron chi connectivity index (χ4n) is 2.23. The van der Waals surface area contributed by atoms with Gasteiger partial charge in [-0.15, -0.1) is 0 Å². The molecule has 0 atom stereocenters. The Labute approximate surface area is 138 Å². The van der Waals surface area contributed by atoms with Crippen molar-refractivity contribution in [2.24, 2.45) is 0 Å². The van der Waals surface area contributed by atoms with Crippen LogP contribution >= 0.6 is 23.2 Å². The number of nitrogens with zero attached hydrogens (tertiary/aromatic N) is 2. The van der Waals surface area contributed by atoms with Gasteiger partial charge in [0.05, 0.1) is 17.3 Å². The maximum Gasteiger partial charge on any atom is 0.313 e. The number of benzene rings is 1. The van der Waals surface area contributed by atoms with E-state index in [4.69, 9.17) is 28.3 Å². The SMILES string of the molecule is O=C(Nc1cc(Cl)ccc1Cl)C(=O)N1CCN(CCO)CC1. The van der Waals surface area contributed by atoms with Crippen LogP contribution in [-0.2, 0) is 9.59 Å². The Morgan fingerprint density at radius 1 is 1.18 bits per heavy atom. The maximum absolute atomic E-state index is 12.1. The fraction of sp³-hybridized carbons (Fsp3) is 0.429. The van der Waals surface area contributed by atoms with E-state index in [-0.39, 0.29) is 6.61 Å². The molecule has 0 radical (unpaired) electrons. The lowest BCUT2D eigenvalue weighted by molar-refractivity contribution is -0.144. The van der Waals surface area contributed by atoms with Gasteiger partial charge < -0.3 is 15.3 Å². The molecule has 1 saturated heterocycles. The summed E-state index contributed by atoms with van der Waals surface area (Å²) in [6.07, 6.45) is 0. The highest BCUT2D eigenvalue weighted by Crippen LogP contribution is 2.25. The second-order valence-corrected chi connectivity index (χ2v) is 5.78. The molecule has 2 N–H and O–H groups in total. The van der Waals surface area contributed by atoms with Crippen molar-refractivity contribution in [3.05, 3.63) is 28.2 Å². The van der Waals surface area contributed by atoms with Crippen molar-refractivity contribution in [2.75, 3.05) is 44.6 Å². The fourth-order valence-corrected chi connectivity index (χ4v) is 2.57. The van der Waals surface area contributed by atoms with E-state index in [1.165, 1.54) is 11.0 Å². The smallest absolute Gasteiger partial charge is 0.313 e. The number of nitrogens with one attached hydrogen (secondary N) is 1. The van der Waals surface area contributed by atoms with Crippen LogP contribution in [-0.4, -0.2) is 66.1 Å². The van der Waals surface area contributed by atoms with Crippen molar-refractivity contribution in [2.45, 2.75) is 0 Å². The third-order valence-corrected chi connectivity index (χ3v) is 4.01. The molecule has 1 aliphatic heterocycles. The lowest BCUT2D eigenvalue weighted by Crippen LogP contribution is -2.52. The molecule has 0 bridgehead atoms. The summed E-state index contributed by atoms with van der Waals surface area (Å²) in [5.41, 5.74) is 0.312. The summed E-state index contributed by atoms with van der Waals surface area (Å²) in [6, 6.07) is 4.65. The molecule has 22 heavy (non-hydrogen) atoms. The molecule has 2 amide bonds. The first-order valence-electron chi connectivity index (χ1n) is 6.90. The molecule has 1 aromatic rings. The summed E-state index contributed by atoms with van der Waals surface area (Å²) >= 11 is 11.8. The number of piperazine rings is 1. The van der Waals surface area contributed by atoms with E-state index in [1.54, 1.807) is 12.1 Å². The van der Waals surface area contributed by atoms with Crippen LogP contribution in [0.3, 0.4) is 0 Å². The molecule has 0 unspecified atom stereocenters. The number of rotatable bonds is 3. The van der Waals surface area contributed by atoms with Gasteiger partial charge in [0.2, 0.25) is 0 Å². The number of aliphatic hydroxyl groups is 1. The lowest BCUT2D eigenvalue weighted by atomic mass is 10.3. The molecule has 1 aromatic carbocycles. The van der Waals surface area contributed by atoms with Gasteiger partial charge in [0.1, 0.15) is 0 Å². The topological polar surface area (TPSA) is 72.9 Å². The highest BCUT2D eigenvalue weighted by Gasteiger charge is 2.26. The second-order valence-electron chi connectivity index (χ2n) is 4.94. The molecule has 120 valence electrons. The van der Waals surface area contributed by atoms with E-state index in [9.17, 15) is 9.59 Å². The van der Waals surface area contributed by atoms with Crippen LogP contribution in [0.25, 0.3) is 0 Å². The monoisotopic (exact) mass is 345 g/mol. The van der Waals surface area contributed by atoms with Crippen molar-refractivity contribution in [3.63, 3.8) is 0 Å². The third kappa shape index (κ3) is 4.33. The van der Waals surface area contributed by atoms with Gasteiger partial charge >= 0.3 is 11.8 Å². The van der Waals surface area contributed by atoms with Gasteiger partial charge in [-0.3, -0.25) is 14.5 Å². The third-order valence-electron chi connectivity index (χ3n) is 3.45. The number of carbonyl (C=O) groups is 2. The highest BCUT2D eigenvalue weighted by atomic mass is 35.5. The molecule has 1 aliphatic rings. The van der Waals surface area contributed by atoms with Crippen LogP contribution in [0.5, 0.6) is 0 Å². The van der Waals surface area contributed by atoms with Gasteiger partial charge in [0.25, 0.3) is 0 Å². The quantitative estimate of drug-likeness (QED) is 0.803. The molecule has 0 spiro atoms. The van der Waals surface area contributed by atoms with Crippen molar-refractivity contribution >= 4 is 40.7 Å². The minimum absolute atomic E-state index is 0.0850. The van der Waals surface area contributed by atoms with Crippen LogP contribution in [0.15, 0.2) is 18.2 Å². The molecule has 8 heteroatoms. The van der Waals surface area contributed by atoms with Crippen molar-refractivity contribution < 1.29 is 14.7 Å². The Kier molecular flexibility index (Phi) is 6.02. The zero-order valence-electron chi connectivity index (χ0n) is 11.9. The number of carbonyl (C=O) groups excluding carboxylic acids is 2. The predicted octanol–water partition coefficient (Wildman–Crippen LogP) is 1.07. The van der Waals surface area contributed by atoms with Gasteiger partial charge in [-0.25, -0.2) is 0 Å². The van der Waals surface area contributed by atoms with Crippen LogP contribution < -0.4 is 5.32 Å². The van der Waals surface area contributed by atoms with Gasteiger partial charge in [0.15, 0.2) is 0 Å². The van der Waals surface area contributed by atoms with Crippen LogP contribution in [0.2, 0.25) is 10.0 Å². The first-order chi connectivity index (χ1) is 10.5. The maximum atomic E-state index is 12.1. The summed E-state index contributed by atoms with van der Waals surface area (Å²) in [6.45, 7) is 2.84. The Bertz CT molecular complexity index is 560. The summed E-state index contributed by atoms with van der Waals surface area (Å²) < 4.78 is 0. The average molecular weight is 346 g/mol. The lowest BCUT2D eigenvalue weighted by Gasteiger charge is -2.33. The molecule has 1 fully saturated rings. The van der Waals surface area contributed by atoms with Gasteiger partial charge in [0, 0.05) is 37.7 Å². The van der Waals surface area contributed by atoms with Crippen LogP contribution in [0.4, 0.5) is 5.69 Å². The second kappa shape index (κ2) is 7.78. The van der Waals surface area contributed by atoms with Crippen molar-refractivity contribution in [3.8, 4) is 0 Å². The van der Waals surface area contributed by atoms with E-state index in [0.29, 0.717) is 48.5 Å². The van der Waals surface area contributed by atoms with Crippen LogP contribution in [0.1, 0.15) is 0 Å². The van der Waals surface area contributed by atoms with E-state index >= 15 is 0 Å². The van der Waals surface area contributed by atoms with E-state index in [0.717, 1.165) is 0 Å². The van der Waals surface area contributed by atoms with Crippen molar-refractivity contribution in [1.29, 1.82) is 0 Å². The molecule has 1 heterocycles. The normalized spacial score (nSPS) is 15.7. The van der Waals surface area contributed by atoms with E-state index in [2.05, 4.69) is 5.32 Å². The molecule has 0 saturated carbocycles. The Morgan fingerprint density at radius 3 is 2.50 bits per heavy atom. The predicted molar refractivity (Wildman–Crippen MR) is 85.2 cm³/mol. The van der Waals surface area contributed by atoms with E-state index in [1.807, 2.05) is 4.90 Å². The van der Waals surface area contributed by atoms with Gasteiger partial charge in [-0.05, 0) is 18.2 Å². The minimum atomic E-state index is -0.736. The van der Waals surface area contributed by atoms with Gasteiger partial charge in [-0.2, -0.15) is 0 Å². The summed E-state index contributed by atoms with van der Waals surface area (Å²) in [5.74, 6) is -1.33. The molecule has 0 aliphatic carbocycles. The number of hydrogen-bond acceptors (Lipinski definition) is 4. The van der Waals surface area contributed by atoms with Crippen molar-refractivity contribution in [1.82, 2.24) is 9.80 Å². The standard InChI is InChI=1S/C14H17Cl2N3O3/c15-10-1-2-11(16)12(9-10)17-13(21)14(22)19-5-3-18(4-6-19)7-8-20/h1-2,9,20H,3-8H2,(H,17,21). The summed E-state index contributed by atoms with van der Waals surface area (Å²) in [7, 11) is 0. The largest absolute Gasteiger partial charge is 0.395 e. The first-order valence-corrected chi connectivity index (χ1v) is 7.65.